The maximum absolute atomic E-state index is 13.0. The fourth-order valence-electron chi connectivity index (χ4n) is 4.32. The zero-order chi connectivity index (χ0) is 21.8. The average molecular weight is 424 g/mol. The molecule has 0 saturated carbocycles. The monoisotopic (exact) mass is 423 g/mol. The molecule has 7 nitrogen and oxygen atoms in total. The van der Waals surface area contributed by atoms with Gasteiger partial charge in [-0.2, -0.15) is 0 Å². The zero-order valence-corrected chi connectivity index (χ0v) is 18.0. The predicted molar refractivity (Wildman–Crippen MR) is 118 cm³/mol. The molecule has 0 unspecified atom stereocenters. The van der Waals surface area contributed by atoms with Crippen molar-refractivity contribution in [2.75, 3.05) is 38.2 Å². The predicted octanol–water partition coefficient (Wildman–Crippen LogP) is 2.76. The van der Waals surface area contributed by atoms with Gasteiger partial charge in [0.1, 0.15) is 11.5 Å². The van der Waals surface area contributed by atoms with Crippen molar-refractivity contribution in [1.29, 1.82) is 0 Å². The molecule has 2 atom stereocenters. The van der Waals surface area contributed by atoms with E-state index in [-0.39, 0.29) is 24.4 Å². The fourth-order valence-corrected chi connectivity index (χ4v) is 4.32. The van der Waals surface area contributed by atoms with E-state index in [0.29, 0.717) is 18.0 Å². The van der Waals surface area contributed by atoms with Gasteiger partial charge in [-0.1, -0.05) is 24.3 Å². The van der Waals surface area contributed by atoms with Crippen LogP contribution in [0.2, 0.25) is 0 Å². The summed E-state index contributed by atoms with van der Waals surface area (Å²) in [6.45, 7) is 4.21. The van der Waals surface area contributed by atoms with Gasteiger partial charge in [0.25, 0.3) is 5.91 Å². The number of rotatable bonds is 6. The Kier molecular flexibility index (Phi) is 6.42. The maximum atomic E-state index is 13.0. The Hall–Kier alpha value is -3.06. The first-order valence-corrected chi connectivity index (χ1v) is 10.8. The molecule has 2 aliphatic heterocycles. The van der Waals surface area contributed by atoms with Crippen molar-refractivity contribution >= 4 is 17.5 Å². The quantitative estimate of drug-likeness (QED) is 0.774. The Morgan fingerprint density at radius 1 is 1.13 bits per heavy atom. The number of nitrogens with zero attached hydrogens (tertiary/aromatic N) is 2. The van der Waals surface area contributed by atoms with Crippen molar-refractivity contribution in [3.05, 3.63) is 54.1 Å². The molecule has 2 aromatic carbocycles. The van der Waals surface area contributed by atoms with Crippen LogP contribution in [0, 0.1) is 0 Å². The van der Waals surface area contributed by atoms with Gasteiger partial charge in [-0.05, 0) is 55.8 Å². The van der Waals surface area contributed by atoms with E-state index in [4.69, 9.17) is 9.47 Å². The number of carbonyl (C=O) groups is 2. The van der Waals surface area contributed by atoms with Gasteiger partial charge in [0.15, 0.2) is 6.10 Å². The van der Waals surface area contributed by atoms with Crippen LogP contribution in [0.15, 0.2) is 48.5 Å². The van der Waals surface area contributed by atoms with Gasteiger partial charge in [0.2, 0.25) is 5.91 Å². The van der Waals surface area contributed by atoms with Crippen LogP contribution < -0.4 is 19.7 Å². The zero-order valence-electron chi connectivity index (χ0n) is 18.0. The lowest BCUT2D eigenvalue weighted by molar-refractivity contribution is -0.128. The molecular formula is C24H29N3O4. The highest BCUT2D eigenvalue weighted by atomic mass is 16.5. The summed E-state index contributed by atoms with van der Waals surface area (Å²) in [5.74, 6) is 1.04. The number of methoxy groups -OCH3 is 1. The Labute approximate surface area is 182 Å². The number of para-hydroxylation sites is 2. The number of ether oxygens (including phenoxy) is 2. The van der Waals surface area contributed by atoms with Crippen molar-refractivity contribution in [2.24, 2.45) is 0 Å². The van der Waals surface area contributed by atoms with E-state index < -0.39 is 6.10 Å². The highest BCUT2D eigenvalue weighted by Gasteiger charge is 2.33. The molecule has 1 N–H and O–H groups in total. The molecule has 1 saturated heterocycles. The summed E-state index contributed by atoms with van der Waals surface area (Å²) in [7, 11) is 1.65. The van der Waals surface area contributed by atoms with Crippen molar-refractivity contribution in [2.45, 2.75) is 31.9 Å². The van der Waals surface area contributed by atoms with Gasteiger partial charge in [-0.3, -0.25) is 14.5 Å². The van der Waals surface area contributed by atoms with E-state index in [1.807, 2.05) is 30.3 Å². The summed E-state index contributed by atoms with van der Waals surface area (Å²) in [5, 5.41) is 3.07. The SMILES string of the molecule is COc1ccc([C@H](CNC(=O)[C@@H]2CN(C(C)=O)c3ccccc3O2)N2CCCC2)cc1. The first kappa shape index (κ1) is 21.2. The molecule has 0 bridgehead atoms. The van der Waals surface area contributed by atoms with Crippen LogP contribution in [0.1, 0.15) is 31.4 Å². The molecule has 31 heavy (non-hydrogen) atoms. The number of amides is 2. The lowest BCUT2D eigenvalue weighted by atomic mass is 10.0. The summed E-state index contributed by atoms with van der Waals surface area (Å²) in [6.07, 6.45) is 1.59. The Morgan fingerprint density at radius 3 is 2.52 bits per heavy atom. The second-order valence-electron chi connectivity index (χ2n) is 7.98. The van der Waals surface area contributed by atoms with E-state index in [2.05, 4.69) is 22.3 Å². The van der Waals surface area contributed by atoms with Crippen LogP contribution in [-0.2, 0) is 9.59 Å². The second-order valence-corrected chi connectivity index (χ2v) is 7.98. The summed E-state index contributed by atoms with van der Waals surface area (Å²) < 4.78 is 11.2. The van der Waals surface area contributed by atoms with Gasteiger partial charge in [0.05, 0.1) is 25.4 Å². The minimum atomic E-state index is -0.742. The molecule has 4 rings (SSSR count). The number of likely N-dealkylation sites (tertiary alicyclic amines) is 1. The number of benzene rings is 2. The van der Waals surface area contributed by atoms with Crippen LogP contribution in [0.4, 0.5) is 5.69 Å². The van der Waals surface area contributed by atoms with Gasteiger partial charge < -0.3 is 19.7 Å². The van der Waals surface area contributed by atoms with Crippen LogP contribution in [0.25, 0.3) is 0 Å². The molecule has 0 aromatic heterocycles. The second kappa shape index (κ2) is 9.39. The normalized spacial score (nSPS) is 19.3. The van der Waals surface area contributed by atoms with E-state index in [9.17, 15) is 9.59 Å². The molecule has 0 aliphatic carbocycles. The minimum Gasteiger partial charge on any atom is -0.497 e. The smallest absolute Gasteiger partial charge is 0.263 e. The number of carbonyl (C=O) groups excluding carboxylic acids is 2. The Bertz CT molecular complexity index is 925. The third-order valence-corrected chi connectivity index (χ3v) is 6.00. The number of hydrogen-bond acceptors (Lipinski definition) is 5. The number of anilines is 1. The van der Waals surface area contributed by atoms with Crippen molar-refractivity contribution in [1.82, 2.24) is 10.2 Å². The molecule has 0 spiro atoms. The first-order valence-electron chi connectivity index (χ1n) is 10.8. The van der Waals surface area contributed by atoms with Crippen molar-refractivity contribution in [3.8, 4) is 11.5 Å². The van der Waals surface area contributed by atoms with E-state index >= 15 is 0 Å². The number of fused-ring (bicyclic) bond motifs is 1. The van der Waals surface area contributed by atoms with Gasteiger partial charge in [0, 0.05) is 13.5 Å². The largest absolute Gasteiger partial charge is 0.497 e. The number of hydrogen-bond donors (Lipinski definition) is 1. The van der Waals surface area contributed by atoms with Crippen LogP contribution >= 0.6 is 0 Å². The number of nitrogens with one attached hydrogen (secondary N) is 1. The summed E-state index contributed by atoms with van der Waals surface area (Å²) in [6, 6.07) is 15.4. The van der Waals surface area contributed by atoms with Crippen LogP contribution in [0.3, 0.4) is 0 Å². The highest BCUT2D eigenvalue weighted by molar-refractivity contribution is 5.95. The van der Waals surface area contributed by atoms with E-state index in [1.165, 1.54) is 6.92 Å². The van der Waals surface area contributed by atoms with E-state index in [1.54, 1.807) is 18.1 Å². The summed E-state index contributed by atoms with van der Waals surface area (Å²) in [4.78, 5) is 29.1. The molecule has 0 radical (unpaired) electrons. The fraction of sp³-hybridized carbons (Fsp3) is 0.417. The first-order chi connectivity index (χ1) is 15.1. The third kappa shape index (κ3) is 4.66. The lowest BCUT2D eigenvalue weighted by Gasteiger charge is -2.34. The third-order valence-electron chi connectivity index (χ3n) is 6.00. The molecule has 2 aliphatic rings. The highest BCUT2D eigenvalue weighted by Crippen LogP contribution is 2.33. The van der Waals surface area contributed by atoms with Gasteiger partial charge >= 0.3 is 0 Å². The van der Waals surface area contributed by atoms with Crippen LogP contribution in [0.5, 0.6) is 11.5 Å². The van der Waals surface area contributed by atoms with E-state index in [0.717, 1.165) is 37.2 Å². The lowest BCUT2D eigenvalue weighted by Crippen LogP contribution is -2.51. The molecule has 2 amide bonds. The molecule has 1 fully saturated rings. The average Bonchev–Trinajstić information content (AvgIpc) is 3.33. The van der Waals surface area contributed by atoms with Gasteiger partial charge in [-0.25, -0.2) is 0 Å². The van der Waals surface area contributed by atoms with Gasteiger partial charge in [-0.15, -0.1) is 0 Å². The topological polar surface area (TPSA) is 71.1 Å². The van der Waals surface area contributed by atoms with Crippen molar-refractivity contribution < 1.29 is 19.1 Å². The standard InChI is InChI=1S/C24H29N3O4/c1-17(28)27-16-23(31-22-8-4-3-7-20(22)27)24(29)25-15-21(26-13-5-6-14-26)18-9-11-19(30-2)12-10-18/h3-4,7-12,21,23H,5-6,13-16H2,1-2H3,(H,25,29)/t21-,23-/m0/s1. The Morgan fingerprint density at radius 2 is 1.84 bits per heavy atom. The maximum Gasteiger partial charge on any atom is 0.263 e. The van der Waals surface area contributed by atoms with Crippen LogP contribution in [-0.4, -0.2) is 56.1 Å². The molecule has 164 valence electrons. The molecular weight excluding hydrogens is 394 g/mol. The summed E-state index contributed by atoms with van der Waals surface area (Å²) >= 11 is 0. The molecule has 7 heteroatoms. The summed E-state index contributed by atoms with van der Waals surface area (Å²) in [5.41, 5.74) is 1.84. The molecule has 2 aromatic rings. The minimum absolute atomic E-state index is 0.0807. The molecule has 2 heterocycles. The Balaban J connectivity index is 1.47. The van der Waals surface area contributed by atoms with Crippen molar-refractivity contribution in [3.63, 3.8) is 0 Å².